The lowest BCUT2D eigenvalue weighted by Gasteiger charge is -2.24. The number of carboxylic acid groups (broad SMARTS) is 1. The van der Waals surface area contributed by atoms with Crippen molar-refractivity contribution in [2.24, 2.45) is 0 Å². The molecule has 0 spiro atoms. The Bertz CT molecular complexity index is 416. The van der Waals surface area contributed by atoms with E-state index < -0.39 is 5.97 Å². The molecule has 2 heterocycles. The van der Waals surface area contributed by atoms with Gasteiger partial charge in [-0.25, -0.2) is 14.8 Å². The van der Waals surface area contributed by atoms with Gasteiger partial charge in [0, 0.05) is 25.4 Å². The van der Waals surface area contributed by atoms with Crippen LogP contribution in [0.2, 0.25) is 0 Å². The molecule has 0 unspecified atom stereocenters. The van der Waals surface area contributed by atoms with E-state index in [1.807, 2.05) is 0 Å². The van der Waals surface area contributed by atoms with E-state index in [1.54, 1.807) is 0 Å². The third-order valence-corrected chi connectivity index (χ3v) is 2.45. The maximum Gasteiger partial charge on any atom is 0.338 e. The molecule has 1 aliphatic heterocycles. The van der Waals surface area contributed by atoms with Gasteiger partial charge in [-0.15, -0.1) is 0 Å². The third kappa shape index (κ3) is 2.00. The van der Waals surface area contributed by atoms with Crippen LogP contribution in [0.1, 0.15) is 29.6 Å². The van der Waals surface area contributed by atoms with Crippen LogP contribution in [0.25, 0.3) is 0 Å². The normalized spacial score (nSPS) is 16.2. The summed E-state index contributed by atoms with van der Waals surface area (Å²) >= 11 is 0. The molecule has 1 fully saturated rings. The van der Waals surface area contributed by atoms with E-state index in [-0.39, 0.29) is 17.4 Å². The molecule has 6 heteroatoms. The van der Waals surface area contributed by atoms with Crippen molar-refractivity contribution in [1.29, 1.82) is 0 Å². The molecule has 16 heavy (non-hydrogen) atoms. The second-order valence-electron chi connectivity index (χ2n) is 3.58. The van der Waals surface area contributed by atoms with E-state index in [4.69, 9.17) is 5.11 Å². The molecule has 1 saturated heterocycles. The molecule has 84 valence electrons. The Morgan fingerprint density at radius 3 is 2.56 bits per heavy atom. The van der Waals surface area contributed by atoms with Crippen LogP contribution in [0.15, 0.2) is 12.4 Å². The number of carbonyl (C=O) groups excluding carboxylic acids is 1. The van der Waals surface area contributed by atoms with E-state index in [0.717, 1.165) is 12.8 Å². The molecule has 0 saturated carbocycles. The van der Waals surface area contributed by atoms with Gasteiger partial charge in [-0.05, 0) is 12.8 Å². The van der Waals surface area contributed by atoms with E-state index >= 15 is 0 Å². The average Bonchev–Trinajstić information content (AvgIpc) is 2.30. The number of nitrogens with zero attached hydrogens (tertiary/aromatic N) is 3. The lowest BCUT2D eigenvalue weighted by Crippen LogP contribution is -2.36. The van der Waals surface area contributed by atoms with Crippen LogP contribution >= 0.6 is 0 Å². The van der Waals surface area contributed by atoms with Crippen molar-refractivity contribution in [2.45, 2.75) is 19.3 Å². The predicted octanol–water partition coefficient (Wildman–Crippen LogP) is 0.692. The summed E-state index contributed by atoms with van der Waals surface area (Å²) in [6, 6.07) is 0. The van der Waals surface area contributed by atoms with E-state index in [0.29, 0.717) is 13.0 Å². The van der Waals surface area contributed by atoms with Gasteiger partial charge in [-0.2, -0.15) is 0 Å². The molecule has 0 aliphatic carbocycles. The molecule has 2 rings (SSSR count). The van der Waals surface area contributed by atoms with Crippen molar-refractivity contribution >= 4 is 17.8 Å². The number of anilines is 1. The minimum absolute atomic E-state index is 0.00525. The lowest BCUT2D eigenvalue weighted by atomic mass is 10.1. The standard InChI is InChI=1S/C10H11N3O3/c14-8-3-1-2-4-13(8)10-11-5-7(6-12-10)9(15)16/h5-6H,1-4H2,(H,15,16). The molecule has 1 aromatic rings. The van der Waals surface area contributed by atoms with Gasteiger partial charge < -0.3 is 5.11 Å². The minimum atomic E-state index is -1.07. The topological polar surface area (TPSA) is 83.4 Å². The molecule has 0 bridgehead atoms. The molecular weight excluding hydrogens is 210 g/mol. The van der Waals surface area contributed by atoms with Gasteiger partial charge >= 0.3 is 5.97 Å². The summed E-state index contributed by atoms with van der Waals surface area (Å²) in [7, 11) is 0. The molecule has 0 atom stereocenters. The SMILES string of the molecule is O=C(O)c1cnc(N2CCCCC2=O)nc1. The van der Waals surface area contributed by atoms with E-state index in [2.05, 4.69) is 9.97 Å². The van der Waals surface area contributed by atoms with Gasteiger partial charge in [0.1, 0.15) is 0 Å². The highest BCUT2D eigenvalue weighted by atomic mass is 16.4. The first-order chi connectivity index (χ1) is 7.68. The van der Waals surface area contributed by atoms with Crippen LogP contribution in [-0.2, 0) is 4.79 Å². The average molecular weight is 221 g/mol. The van der Waals surface area contributed by atoms with Crippen LogP contribution in [0.4, 0.5) is 5.95 Å². The summed E-state index contributed by atoms with van der Waals surface area (Å²) in [6.45, 7) is 0.602. The summed E-state index contributed by atoms with van der Waals surface area (Å²) in [5.74, 6) is -0.791. The van der Waals surface area contributed by atoms with Crippen molar-refractivity contribution in [3.8, 4) is 0 Å². The van der Waals surface area contributed by atoms with Crippen LogP contribution < -0.4 is 4.90 Å². The summed E-state index contributed by atoms with van der Waals surface area (Å²) in [4.78, 5) is 31.4. The van der Waals surface area contributed by atoms with Gasteiger partial charge in [0.05, 0.1) is 5.56 Å². The minimum Gasteiger partial charge on any atom is -0.478 e. The number of hydrogen-bond donors (Lipinski definition) is 1. The smallest absolute Gasteiger partial charge is 0.338 e. The van der Waals surface area contributed by atoms with Crippen molar-refractivity contribution in [2.75, 3.05) is 11.4 Å². The number of amides is 1. The maximum atomic E-state index is 11.5. The summed E-state index contributed by atoms with van der Waals surface area (Å²) in [5.41, 5.74) is 0.0215. The van der Waals surface area contributed by atoms with Crippen molar-refractivity contribution in [1.82, 2.24) is 9.97 Å². The number of aromatic carboxylic acids is 1. The highest BCUT2D eigenvalue weighted by Crippen LogP contribution is 2.16. The fraction of sp³-hybridized carbons (Fsp3) is 0.400. The molecular formula is C10H11N3O3. The Labute approximate surface area is 91.9 Å². The quantitative estimate of drug-likeness (QED) is 0.794. The third-order valence-electron chi connectivity index (χ3n) is 2.45. The highest BCUT2D eigenvalue weighted by Gasteiger charge is 2.21. The molecule has 1 N–H and O–H groups in total. The first-order valence-corrected chi connectivity index (χ1v) is 5.04. The fourth-order valence-corrected chi connectivity index (χ4v) is 1.59. The zero-order chi connectivity index (χ0) is 11.5. The number of rotatable bonds is 2. The Balaban J connectivity index is 2.20. The van der Waals surface area contributed by atoms with Gasteiger partial charge in [-0.1, -0.05) is 0 Å². The number of piperidine rings is 1. The first-order valence-electron chi connectivity index (χ1n) is 5.04. The van der Waals surface area contributed by atoms with E-state index in [9.17, 15) is 9.59 Å². The Morgan fingerprint density at radius 2 is 2.00 bits per heavy atom. The van der Waals surface area contributed by atoms with Crippen LogP contribution in [0.3, 0.4) is 0 Å². The molecule has 0 radical (unpaired) electrons. The lowest BCUT2D eigenvalue weighted by molar-refractivity contribution is -0.119. The van der Waals surface area contributed by atoms with Crippen molar-refractivity contribution < 1.29 is 14.7 Å². The maximum absolute atomic E-state index is 11.5. The Hall–Kier alpha value is -1.98. The van der Waals surface area contributed by atoms with Gasteiger partial charge in [-0.3, -0.25) is 9.69 Å². The molecule has 1 aromatic heterocycles. The molecule has 1 aliphatic rings. The summed E-state index contributed by atoms with van der Waals surface area (Å²) in [6.07, 6.45) is 4.75. The Kier molecular flexibility index (Phi) is 2.80. The zero-order valence-corrected chi connectivity index (χ0v) is 8.59. The number of carbonyl (C=O) groups is 2. The summed E-state index contributed by atoms with van der Waals surface area (Å²) < 4.78 is 0. The van der Waals surface area contributed by atoms with E-state index in [1.165, 1.54) is 17.3 Å². The second-order valence-corrected chi connectivity index (χ2v) is 3.58. The van der Waals surface area contributed by atoms with Gasteiger partial charge in [0.25, 0.3) is 0 Å². The fourth-order valence-electron chi connectivity index (χ4n) is 1.59. The number of carboxylic acids is 1. The molecule has 6 nitrogen and oxygen atoms in total. The predicted molar refractivity (Wildman–Crippen MR) is 55.2 cm³/mol. The number of hydrogen-bond acceptors (Lipinski definition) is 4. The van der Waals surface area contributed by atoms with Crippen molar-refractivity contribution in [3.05, 3.63) is 18.0 Å². The Morgan fingerprint density at radius 1 is 1.31 bits per heavy atom. The second kappa shape index (κ2) is 4.26. The number of aromatic nitrogens is 2. The summed E-state index contributed by atoms with van der Waals surface area (Å²) in [5, 5.41) is 8.68. The van der Waals surface area contributed by atoms with Gasteiger partial charge in [0.15, 0.2) is 0 Å². The van der Waals surface area contributed by atoms with Crippen molar-refractivity contribution in [3.63, 3.8) is 0 Å². The van der Waals surface area contributed by atoms with Gasteiger partial charge in [0.2, 0.25) is 11.9 Å². The first kappa shape index (κ1) is 10.5. The monoisotopic (exact) mass is 221 g/mol. The van der Waals surface area contributed by atoms with Crippen LogP contribution in [0, 0.1) is 0 Å². The zero-order valence-electron chi connectivity index (χ0n) is 8.59. The molecule has 0 aromatic carbocycles. The van der Waals surface area contributed by atoms with Crippen LogP contribution in [-0.4, -0.2) is 33.5 Å². The highest BCUT2D eigenvalue weighted by molar-refractivity contribution is 5.92. The van der Waals surface area contributed by atoms with Crippen LogP contribution in [0.5, 0.6) is 0 Å². The molecule has 1 amide bonds. The largest absolute Gasteiger partial charge is 0.478 e.